The van der Waals surface area contributed by atoms with Gasteiger partial charge in [0.05, 0.1) is 24.5 Å². The molecule has 3 fully saturated rings. The predicted molar refractivity (Wildman–Crippen MR) is 108 cm³/mol. The maximum atomic E-state index is 14.9. The van der Waals surface area contributed by atoms with Gasteiger partial charge in [-0.1, -0.05) is 0 Å². The van der Waals surface area contributed by atoms with Gasteiger partial charge in [0.15, 0.2) is 0 Å². The van der Waals surface area contributed by atoms with Crippen molar-refractivity contribution in [3.63, 3.8) is 0 Å². The zero-order chi connectivity index (χ0) is 20.4. The van der Waals surface area contributed by atoms with Crippen molar-refractivity contribution in [1.29, 1.82) is 0 Å². The third-order valence-electron chi connectivity index (χ3n) is 5.90. The fourth-order valence-electron chi connectivity index (χ4n) is 4.30. The molecule has 3 saturated heterocycles. The Balaban J connectivity index is 1.37. The first kappa shape index (κ1) is 19.9. The van der Waals surface area contributed by atoms with Gasteiger partial charge in [0.2, 0.25) is 5.91 Å². The quantitative estimate of drug-likeness (QED) is 0.754. The molecule has 0 aromatic heterocycles. The smallest absolute Gasteiger partial charge is 0.414 e. The van der Waals surface area contributed by atoms with E-state index in [2.05, 4.69) is 20.4 Å². The summed E-state index contributed by atoms with van der Waals surface area (Å²) in [6.45, 7) is 7.49. The van der Waals surface area contributed by atoms with E-state index in [0.29, 0.717) is 17.4 Å². The van der Waals surface area contributed by atoms with E-state index in [1.807, 2.05) is 0 Å². The Hall–Kier alpha value is -2.39. The van der Waals surface area contributed by atoms with E-state index in [9.17, 15) is 14.0 Å². The highest BCUT2D eigenvalue weighted by Gasteiger charge is 2.33. The number of nitrogens with one attached hydrogen (secondary N) is 2. The van der Waals surface area contributed by atoms with Crippen molar-refractivity contribution >= 4 is 23.4 Å². The van der Waals surface area contributed by atoms with Gasteiger partial charge in [-0.15, -0.1) is 0 Å². The van der Waals surface area contributed by atoms with E-state index in [-0.39, 0.29) is 24.8 Å². The van der Waals surface area contributed by atoms with Gasteiger partial charge in [0.25, 0.3) is 0 Å². The molecule has 0 bridgehead atoms. The Kier molecular flexibility index (Phi) is 5.86. The second kappa shape index (κ2) is 8.54. The summed E-state index contributed by atoms with van der Waals surface area (Å²) in [6.07, 6.45) is 0.219. The van der Waals surface area contributed by atoms with Gasteiger partial charge in [-0.25, -0.2) is 9.18 Å². The van der Waals surface area contributed by atoms with Crippen molar-refractivity contribution < 1.29 is 18.7 Å². The lowest BCUT2D eigenvalue weighted by Gasteiger charge is -2.39. The highest BCUT2D eigenvalue weighted by molar-refractivity contribution is 5.90. The molecule has 158 valence electrons. The first-order valence-corrected chi connectivity index (χ1v) is 10.2. The Bertz CT molecular complexity index is 762. The van der Waals surface area contributed by atoms with Crippen LogP contribution in [-0.2, 0) is 9.53 Å². The maximum absolute atomic E-state index is 14.9. The number of ether oxygens (including phenoxy) is 1. The van der Waals surface area contributed by atoms with Crippen LogP contribution in [0.3, 0.4) is 0 Å². The van der Waals surface area contributed by atoms with Crippen molar-refractivity contribution in [3.8, 4) is 0 Å². The molecule has 9 heteroatoms. The Morgan fingerprint density at radius 2 is 2.10 bits per heavy atom. The molecule has 0 spiro atoms. The number of benzene rings is 1. The summed E-state index contributed by atoms with van der Waals surface area (Å²) in [4.78, 5) is 29.1. The van der Waals surface area contributed by atoms with Gasteiger partial charge in [0, 0.05) is 45.7 Å². The van der Waals surface area contributed by atoms with Crippen LogP contribution in [0.5, 0.6) is 0 Å². The topological polar surface area (TPSA) is 77.2 Å². The second-order valence-corrected chi connectivity index (χ2v) is 7.86. The largest absolute Gasteiger partial charge is 0.442 e. The number of nitrogens with zero attached hydrogens (tertiary/aromatic N) is 3. The van der Waals surface area contributed by atoms with Crippen LogP contribution in [0.1, 0.15) is 13.3 Å². The number of hydrogen-bond donors (Lipinski definition) is 2. The van der Waals surface area contributed by atoms with Gasteiger partial charge in [-0.05, 0) is 31.2 Å². The molecule has 3 aliphatic rings. The maximum Gasteiger partial charge on any atom is 0.414 e. The van der Waals surface area contributed by atoms with Gasteiger partial charge >= 0.3 is 6.09 Å². The highest BCUT2D eigenvalue weighted by Crippen LogP contribution is 2.29. The van der Waals surface area contributed by atoms with Crippen molar-refractivity contribution in [2.75, 3.05) is 62.2 Å². The summed E-state index contributed by atoms with van der Waals surface area (Å²) in [6, 6.07) is 5.49. The summed E-state index contributed by atoms with van der Waals surface area (Å²) in [5, 5.41) is 6.03. The van der Waals surface area contributed by atoms with Crippen LogP contribution in [0.15, 0.2) is 18.2 Å². The molecule has 2 atom stereocenters. The molecular formula is C20H28FN5O3. The molecule has 0 saturated carbocycles. The van der Waals surface area contributed by atoms with Crippen LogP contribution >= 0.6 is 0 Å². The molecule has 8 nitrogen and oxygen atoms in total. The van der Waals surface area contributed by atoms with Crippen LogP contribution in [0.2, 0.25) is 0 Å². The lowest BCUT2D eigenvalue weighted by Crippen LogP contribution is -2.51. The van der Waals surface area contributed by atoms with Crippen LogP contribution in [0, 0.1) is 5.82 Å². The van der Waals surface area contributed by atoms with Gasteiger partial charge < -0.3 is 20.3 Å². The predicted octanol–water partition coefficient (Wildman–Crippen LogP) is 0.771. The number of halogens is 1. The molecule has 3 aliphatic heterocycles. The molecular weight excluding hydrogens is 377 g/mol. The van der Waals surface area contributed by atoms with Crippen molar-refractivity contribution in [3.05, 3.63) is 24.0 Å². The zero-order valence-electron chi connectivity index (χ0n) is 16.7. The van der Waals surface area contributed by atoms with Crippen LogP contribution < -0.4 is 20.4 Å². The van der Waals surface area contributed by atoms with Crippen LogP contribution in [-0.4, -0.2) is 81.4 Å². The third kappa shape index (κ3) is 4.45. The zero-order valence-corrected chi connectivity index (χ0v) is 16.7. The molecule has 2 N–H and O–H groups in total. The van der Waals surface area contributed by atoms with Gasteiger partial charge in [0.1, 0.15) is 11.9 Å². The van der Waals surface area contributed by atoms with Crippen molar-refractivity contribution in [2.45, 2.75) is 25.5 Å². The molecule has 1 aromatic carbocycles. The van der Waals surface area contributed by atoms with Crippen molar-refractivity contribution in [1.82, 2.24) is 15.5 Å². The van der Waals surface area contributed by atoms with E-state index < -0.39 is 12.2 Å². The summed E-state index contributed by atoms with van der Waals surface area (Å²) in [7, 11) is 0. The van der Waals surface area contributed by atoms with Crippen molar-refractivity contribution in [2.24, 2.45) is 0 Å². The minimum atomic E-state index is -0.522. The lowest BCUT2D eigenvalue weighted by molar-refractivity contribution is -0.119. The molecule has 4 rings (SSSR count). The SMILES string of the molecule is CC(=O)NC[C@H]1CN(c2ccc(N3CCN([C@@H]4CCNC4)CC3)c(F)c2)C(=O)O1. The summed E-state index contributed by atoms with van der Waals surface area (Å²) in [5.41, 5.74) is 1.04. The monoisotopic (exact) mass is 405 g/mol. The first-order chi connectivity index (χ1) is 14.0. The number of carbonyl (C=O) groups excluding carboxylic acids is 2. The van der Waals surface area contributed by atoms with Crippen LogP contribution in [0.4, 0.5) is 20.6 Å². The Morgan fingerprint density at radius 3 is 2.76 bits per heavy atom. The third-order valence-corrected chi connectivity index (χ3v) is 5.90. The van der Waals surface area contributed by atoms with Gasteiger partial charge in [-0.3, -0.25) is 14.6 Å². The Morgan fingerprint density at radius 1 is 1.31 bits per heavy atom. The van der Waals surface area contributed by atoms with E-state index in [1.54, 1.807) is 12.1 Å². The minimum absolute atomic E-state index is 0.181. The minimum Gasteiger partial charge on any atom is -0.442 e. The number of amides is 2. The van der Waals surface area contributed by atoms with E-state index in [1.165, 1.54) is 24.3 Å². The summed E-state index contributed by atoms with van der Waals surface area (Å²) < 4.78 is 20.1. The van der Waals surface area contributed by atoms with E-state index >= 15 is 0 Å². The number of anilines is 2. The molecule has 0 radical (unpaired) electrons. The molecule has 0 aliphatic carbocycles. The Labute approximate surface area is 170 Å². The summed E-state index contributed by atoms with van der Waals surface area (Å²) >= 11 is 0. The number of cyclic esters (lactones) is 1. The fourth-order valence-corrected chi connectivity index (χ4v) is 4.30. The summed E-state index contributed by atoms with van der Waals surface area (Å²) in [5.74, 6) is -0.518. The average Bonchev–Trinajstić information content (AvgIpc) is 3.36. The lowest BCUT2D eigenvalue weighted by atomic mass is 10.1. The average molecular weight is 405 g/mol. The van der Waals surface area contributed by atoms with E-state index in [4.69, 9.17) is 4.74 Å². The molecule has 2 amide bonds. The number of piperazine rings is 1. The number of rotatable bonds is 5. The molecule has 1 aromatic rings. The fraction of sp³-hybridized carbons (Fsp3) is 0.600. The first-order valence-electron chi connectivity index (χ1n) is 10.2. The van der Waals surface area contributed by atoms with Crippen LogP contribution in [0.25, 0.3) is 0 Å². The number of carbonyl (C=O) groups is 2. The highest BCUT2D eigenvalue weighted by atomic mass is 19.1. The molecule has 3 heterocycles. The molecule has 0 unspecified atom stereocenters. The van der Waals surface area contributed by atoms with E-state index in [0.717, 1.165) is 39.3 Å². The second-order valence-electron chi connectivity index (χ2n) is 7.86. The van der Waals surface area contributed by atoms with Gasteiger partial charge in [-0.2, -0.15) is 0 Å². The standard InChI is InChI=1S/C20H28FN5O3/c1-14(27)23-12-17-13-26(20(28)29-17)15-2-3-19(18(21)10-15)25-8-6-24(7-9-25)16-4-5-22-11-16/h2-3,10,16-17,22H,4-9,11-13H2,1H3,(H,23,27)/t16-,17+/m1/s1. The molecule has 29 heavy (non-hydrogen) atoms. The number of hydrogen-bond acceptors (Lipinski definition) is 6. The normalized spacial score (nSPS) is 25.4.